The quantitative estimate of drug-likeness (QED) is 0.604. The van der Waals surface area contributed by atoms with Crippen LogP contribution in [0.5, 0.6) is 0 Å². The molecule has 0 aliphatic carbocycles. The van der Waals surface area contributed by atoms with E-state index in [0.29, 0.717) is 24.3 Å². The van der Waals surface area contributed by atoms with Crippen LogP contribution in [-0.4, -0.2) is 43.0 Å². The molecule has 0 saturated carbocycles. The molecule has 0 unspecified atom stereocenters. The Morgan fingerprint density at radius 1 is 1.15 bits per heavy atom. The van der Waals surface area contributed by atoms with Gasteiger partial charge in [0.05, 0.1) is 6.04 Å². The Bertz CT molecular complexity index is 1260. The van der Waals surface area contributed by atoms with Gasteiger partial charge in [-0.3, -0.25) is 13.8 Å². The van der Waals surface area contributed by atoms with Crippen LogP contribution in [0.15, 0.2) is 45.1 Å². The van der Waals surface area contributed by atoms with Gasteiger partial charge in [0.25, 0.3) is 15.6 Å². The summed E-state index contributed by atoms with van der Waals surface area (Å²) in [7, 11) is -1.44. The Morgan fingerprint density at radius 2 is 1.93 bits per heavy atom. The minimum Gasteiger partial charge on any atom is -0.302 e. The Morgan fingerprint density at radius 3 is 2.70 bits per heavy atom. The number of hydrogen-bond donors (Lipinski definition) is 0. The lowest BCUT2D eigenvalue weighted by molar-refractivity contribution is 0.379. The molecule has 1 fully saturated rings. The fourth-order valence-corrected chi connectivity index (χ4v) is 5.26. The van der Waals surface area contributed by atoms with Crippen LogP contribution in [0.2, 0.25) is 0 Å². The van der Waals surface area contributed by atoms with Crippen LogP contribution < -0.4 is 11.2 Å². The average molecular weight is 390 g/mol. The molecule has 1 atom stereocenters. The Kier molecular flexibility index (Phi) is 4.00. The van der Waals surface area contributed by atoms with Gasteiger partial charge in [-0.15, -0.1) is 10.2 Å². The summed E-state index contributed by atoms with van der Waals surface area (Å²) in [6.45, 7) is 0.265. The molecular weight excluding hydrogens is 372 g/mol. The van der Waals surface area contributed by atoms with Gasteiger partial charge in [-0.2, -0.15) is 4.31 Å². The van der Waals surface area contributed by atoms with Crippen LogP contribution in [0, 0.1) is 0 Å². The van der Waals surface area contributed by atoms with E-state index in [1.165, 1.54) is 18.4 Å². The average Bonchev–Trinajstić information content (AvgIpc) is 3.29. The van der Waals surface area contributed by atoms with Crippen molar-refractivity contribution in [3.05, 3.63) is 57.3 Å². The molecule has 0 radical (unpaired) electrons. The third kappa shape index (κ3) is 2.61. The first-order valence-electron chi connectivity index (χ1n) is 8.40. The number of pyridine rings is 1. The van der Waals surface area contributed by atoms with Gasteiger partial charge in [-0.05, 0) is 25.0 Å². The van der Waals surface area contributed by atoms with Gasteiger partial charge >= 0.3 is 5.69 Å². The van der Waals surface area contributed by atoms with E-state index in [0.717, 1.165) is 15.3 Å². The Balaban J connectivity index is 1.85. The van der Waals surface area contributed by atoms with Crippen LogP contribution in [0.1, 0.15) is 24.7 Å². The number of rotatable bonds is 3. The zero-order valence-corrected chi connectivity index (χ0v) is 15.6. The third-order valence-electron chi connectivity index (χ3n) is 4.84. The van der Waals surface area contributed by atoms with Gasteiger partial charge in [0.1, 0.15) is 0 Å². The highest BCUT2D eigenvalue weighted by Crippen LogP contribution is 2.35. The van der Waals surface area contributed by atoms with Crippen LogP contribution >= 0.6 is 0 Å². The number of aryl methyl sites for hydroxylation is 1. The molecule has 1 aliphatic rings. The molecule has 27 heavy (non-hydrogen) atoms. The lowest BCUT2D eigenvalue weighted by Gasteiger charge is -2.23. The van der Waals surface area contributed by atoms with Crippen molar-refractivity contribution in [2.24, 2.45) is 14.1 Å². The molecule has 0 bridgehead atoms. The van der Waals surface area contributed by atoms with Gasteiger partial charge in [0.2, 0.25) is 0 Å². The zero-order chi connectivity index (χ0) is 19.3. The number of aromatic nitrogens is 5. The van der Waals surface area contributed by atoms with Crippen molar-refractivity contribution in [3.8, 4) is 0 Å². The van der Waals surface area contributed by atoms with Gasteiger partial charge in [-0.1, -0.05) is 6.07 Å². The van der Waals surface area contributed by atoms with Crippen molar-refractivity contribution in [1.29, 1.82) is 0 Å². The van der Waals surface area contributed by atoms with Crippen molar-refractivity contribution >= 4 is 15.7 Å². The van der Waals surface area contributed by atoms with Gasteiger partial charge < -0.3 is 4.57 Å². The summed E-state index contributed by atoms with van der Waals surface area (Å²) in [5.41, 5.74) is -0.801. The molecule has 10 nitrogen and oxygen atoms in total. The first kappa shape index (κ1) is 17.6. The SMILES string of the molecule is Cn1cc(S(=O)(=O)N2CCC[C@@H]2c2nnc3ccccn23)c(=O)n(C)c1=O. The lowest BCUT2D eigenvalue weighted by atomic mass is 10.2. The number of fused-ring (bicyclic) bond motifs is 1. The van der Waals surface area contributed by atoms with Gasteiger partial charge in [0, 0.05) is 33.0 Å². The molecule has 1 saturated heterocycles. The van der Waals surface area contributed by atoms with Crippen molar-refractivity contribution < 1.29 is 8.42 Å². The van der Waals surface area contributed by atoms with E-state index in [1.54, 1.807) is 16.7 Å². The molecule has 0 spiro atoms. The summed E-state index contributed by atoms with van der Waals surface area (Å²) < 4.78 is 31.4. The van der Waals surface area contributed by atoms with Crippen LogP contribution in [-0.2, 0) is 24.1 Å². The largest absolute Gasteiger partial charge is 0.330 e. The molecule has 3 aromatic heterocycles. The summed E-state index contributed by atoms with van der Waals surface area (Å²) in [5, 5.41) is 8.26. The number of hydrogen-bond acceptors (Lipinski definition) is 6. The number of sulfonamides is 1. The predicted octanol–water partition coefficient (Wildman–Crippen LogP) is -0.347. The maximum atomic E-state index is 13.3. The molecule has 142 valence electrons. The Hall–Kier alpha value is -2.79. The smallest absolute Gasteiger partial charge is 0.302 e. The normalized spacial score (nSPS) is 18.4. The van der Waals surface area contributed by atoms with Crippen molar-refractivity contribution in [2.45, 2.75) is 23.8 Å². The maximum absolute atomic E-state index is 13.3. The molecule has 1 aliphatic heterocycles. The summed E-state index contributed by atoms with van der Waals surface area (Å²) in [5.74, 6) is 0.508. The summed E-state index contributed by atoms with van der Waals surface area (Å²) in [6.07, 6.45) is 4.06. The lowest BCUT2D eigenvalue weighted by Crippen LogP contribution is -2.42. The molecular formula is C16H18N6O4S. The number of nitrogens with zero attached hydrogens (tertiary/aromatic N) is 6. The van der Waals surface area contributed by atoms with E-state index in [2.05, 4.69) is 10.2 Å². The highest BCUT2D eigenvalue weighted by molar-refractivity contribution is 7.89. The standard InChI is InChI=1S/C16H18N6O4S/c1-19-10-12(15(23)20(2)16(19)24)27(25,26)22-9-5-6-11(22)14-18-17-13-7-3-4-8-21(13)14/h3-4,7-8,10-11H,5-6,9H2,1-2H3/t11-/m1/s1. The summed E-state index contributed by atoms with van der Waals surface area (Å²) in [4.78, 5) is 23.9. The highest BCUT2D eigenvalue weighted by atomic mass is 32.2. The fourth-order valence-electron chi connectivity index (χ4n) is 3.45. The molecule has 4 heterocycles. The van der Waals surface area contributed by atoms with E-state index in [9.17, 15) is 18.0 Å². The molecule has 0 N–H and O–H groups in total. The topological polar surface area (TPSA) is 112 Å². The van der Waals surface area contributed by atoms with E-state index in [1.807, 2.05) is 12.1 Å². The molecule has 0 aromatic carbocycles. The van der Waals surface area contributed by atoms with Gasteiger partial charge in [-0.25, -0.2) is 13.2 Å². The second-order valence-corrected chi connectivity index (χ2v) is 8.37. The van der Waals surface area contributed by atoms with E-state index >= 15 is 0 Å². The molecule has 0 amide bonds. The van der Waals surface area contributed by atoms with E-state index in [4.69, 9.17) is 0 Å². The van der Waals surface area contributed by atoms with Crippen LogP contribution in [0.25, 0.3) is 5.65 Å². The second-order valence-electron chi connectivity index (χ2n) is 6.51. The molecule has 3 aromatic rings. The van der Waals surface area contributed by atoms with Crippen LogP contribution in [0.4, 0.5) is 0 Å². The Labute approximate surface area is 154 Å². The molecule has 4 rings (SSSR count). The van der Waals surface area contributed by atoms with Crippen molar-refractivity contribution in [2.75, 3.05) is 6.54 Å². The van der Waals surface area contributed by atoms with Crippen molar-refractivity contribution in [1.82, 2.24) is 28.0 Å². The monoisotopic (exact) mass is 390 g/mol. The fraction of sp³-hybridized carbons (Fsp3) is 0.375. The first-order chi connectivity index (χ1) is 12.8. The zero-order valence-electron chi connectivity index (χ0n) is 14.8. The first-order valence-corrected chi connectivity index (χ1v) is 9.84. The minimum atomic E-state index is -4.12. The van der Waals surface area contributed by atoms with Gasteiger partial charge in [0.15, 0.2) is 16.4 Å². The summed E-state index contributed by atoms with van der Waals surface area (Å²) in [6, 6.07) is 4.89. The summed E-state index contributed by atoms with van der Waals surface area (Å²) >= 11 is 0. The highest BCUT2D eigenvalue weighted by Gasteiger charge is 2.40. The minimum absolute atomic E-state index is 0.265. The van der Waals surface area contributed by atoms with Crippen LogP contribution in [0.3, 0.4) is 0 Å². The third-order valence-corrected chi connectivity index (χ3v) is 6.73. The predicted molar refractivity (Wildman–Crippen MR) is 95.8 cm³/mol. The van der Waals surface area contributed by atoms with Crippen molar-refractivity contribution in [3.63, 3.8) is 0 Å². The second kappa shape index (κ2) is 6.13. The van der Waals surface area contributed by atoms with E-state index in [-0.39, 0.29) is 6.54 Å². The molecule has 11 heteroatoms. The maximum Gasteiger partial charge on any atom is 0.330 e. The van der Waals surface area contributed by atoms with E-state index < -0.39 is 32.2 Å².